The van der Waals surface area contributed by atoms with Gasteiger partial charge < -0.3 is 24.4 Å². The zero-order chi connectivity index (χ0) is 24.5. The summed E-state index contributed by atoms with van der Waals surface area (Å²) in [5.41, 5.74) is 1.33. The summed E-state index contributed by atoms with van der Waals surface area (Å²) in [6.07, 6.45) is 2.31. The summed E-state index contributed by atoms with van der Waals surface area (Å²) in [6.45, 7) is 2.22. The van der Waals surface area contributed by atoms with Gasteiger partial charge in [-0.15, -0.1) is 0 Å². The van der Waals surface area contributed by atoms with Gasteiger partial charge in [0.15, 0.2) is 6.61 Å². The van der Waals surface area contributed by atoms with Crippen molar-refractivity contribution in [3.8, 4) is 11.5 Å². The summed E-state index contributed by atoms with van der Waals surface area (Å²) in [7, 11) is 3.12. The Balaban J connectivity index is 1.91. The zero-order valence-corrected chi connectivity index (χ0v) is 19.9. The Hall–Kier alpha value is -3.55. The Morgan fingerprint density at radius 3 is 2.47 bits per heavy atom. The molecule has 0 aliphatic carbocycles. The lowest BCUT2D eigenvalue weighted by Gasteiger charge is -2.40. The number of unbranched alkanes of at least 4 members (excludes halogenated alkanes) is 1. The molecule has 182 valence electrons. The van der Waals surface area contributed by atoms with Crippen molar-refractivity contribution in [1.82, 2.24) is 5.32 Å². The van der Waals surface area contributed by atoms with E-state index in [0.29, 0.717) is 35.7 Å². The van der Waals surface area contributed by atoms with Crippen LogP contribution in [0.1, 0.15) is 44.2 Å². The van der Waals surface area contributed by atoms with Gasteiger partial charge in [-0.2, -0.15) is 0 Å². The van der Waals surface area contributed by atoms with Crippen LogP contribution in [0.2, 0.25) is 0 Å². The number of nitrogens with zero attached hydrogens (tertiary/aromatic N) is 1. The molecule has 0 aromatic heterocycles. The van der Waals surface area contributed by atoms with E-state index < -0.39 is 17.9 Å². The molecular weight excluding hydrogens is 436 g/mol. The Bertz CT molecular complexity index is 991. The molecule has 0 bridgehead atoms. The van der Waals surface area contributed by atoms with Crippen LogP contribution in [0.3, 0.4) is 0 Å². The fourth-order valence-electron chi connectivity index (χ4n) is 4.15. The van der Waals surface area contributed by atoms with Crippen molar-refractivity contribution in [3.05, 3.63) is 54.1 Å². The summed E-state index contributed by atoms with van der Waals surface area (Å²) in [5.74, 6) is -0.410. The number of carbonyl (C=O) groups excluding carboxylic acids is 3. The second kappa shape index (κ2) is 12.1. The van der Waals surface area contributed by atoms with Gasteiger partial charge in [0.1, 0.15) is 11.5 Å². The molecule has 2 aromatic carbocycles. The molecule has 0 spiro atoms. The van der Waals surface area contributed by atoms with E-state index in [-0.39, 0.29) is 24.8 Å². The van der Waals surface area contributed by atoms with Gasteiger partial charge in [0, 0.05) is 24.2 Å². The number of nitrogens with one attached hydrogen (secondary N) is 1. The Morgan fingerprint density at radius 1 is 1.06 bits per heavy atom. The number of benzene rings is 2. The quantitative estimate of drug-likeness (QED) is 0.423. The smallest absolute Gasteiger partial charge is 0.311 e. The molecule has 1 aliphatic rings. The fraction of sp³-hybridized carbons (Fsp3) is 0.423. The third-order valence-electron chi connectivity index (χ3n) is 5.91. The molecule has 2 aromatic rings. The fourth-order valence-corrected chi connectivity index (χ4v) is 4.15. The molecule has 1 saturated heterocycles. The van der Waals surface area contributed by atoms with E-state index in [0.717, 1.165) is 12.8 Å². The van der Waals surface area contributed by atoms with Crippen molar-refractivity contribution in [2.24, 2.45) is 5.92 Å². The number of amides is 2. The molecular formula is C26H32N2O6. The maximum absolute atomic E-state index is 13.2. The number of hydrogen-bond acceptors (Lipinski definition) is 6. The molecule has 3 rings (SSSR count). The molecule has 2 atom stereocenters. The molecule has 8 heteroatoms. The molecule has 1 heterocycles. The van der Waals surface area contributed by atoms with Crippen molar-refractivity contribution >= 4 is 23.5 Å². The first kappa shape index (κ1) is 25.1. The van der Waals surface area contributed by atoms with Gasteiger partial charge in [-0.1, -0.05) is 31.5 Å². The minimum atomic E-state index is -0.667. The molecule has 2 amide bonds. The SMILES string of the molecule is CCCCNC(=O)COC(=O)C1CCC(=O)N(c2ccc(OC)cc2)C1c1ccccc1OC. The molecule has 0 radical (unpaired) electrons. The number of methoxy groups -OCH3 is 2. The normalized spacial score (nSPS) is 17.7. The summed E-state index contributed by atoms with van der Waals surface area (Å²) < 4.78 is 16.2. The number of anilines is 1. The first-order valence-electron chi connectivity index (χ1n) is 11.5. The number of rotatable bonds is 10. The van der Waals surface area contributed by atoms with Gasteiger partial charge >= 0.3 is 5.97 Å². The predicted octanol–water partition coefficient (Wildman–Crippen LogP) is 3.65. The van der Waals surface area contributed by atoms with E-state index in [1.54, 1.807) is 49.5 Å². The lowest BCUT2D eigenvalue weighted by Crippen LogP contribution is -2.46. The van der Waals surface area contributed by atoms with Crippen molar-refractivity contribution in [2.45, 2.75) is 38.6 Å². The third-order valence-corrected chi connectivity index (χ3v) is 5.91. The highest BCUT2D eigenvalue weighted by molar-refractivity contribution is 5.97. The number of piperidine rings is 1. The molecule has 1 N–H and O–H groups in total. The standard InChI is InChI=1S/C26H32N2O6/c1-4-5-16-27-23(29)17-34-26(31)21-14-15-24(30)28(18-10-12-19(32-2)13-11-18)25(21)20-8-6-7-9-22(20)33-3/h6-13,21,25H,4-5,14-17H2,1-3H3,(H,27,29). The highest BCUT2D eigenvalue weighted by Crippen LogP contribution is 2.43. The highest BCUT2D eigenvalue weighted by Gasteiger charge is 2.43. The molecule has 1 fully saturated rings. The van der Waals surface area contributed by atoms with E-state index in [1.165, 1.54) is 0 Å². The van der Waals surface area contributed by atoms with Crippen LogP contribution in [0.5, 0.6) is 11.5 Å². The van der Waals surface area contributed by atoms with Crippen LogP contribution in [0, 0.1) is 5.92 Å². The van der Waals surface area contributed by atoms with Crippen LogP contribution < -0.4 is 19.7 Å². The third kappa shape index (κ3) is 5.87. The van der Waals surface area contributed by atoms with Gasteiger partial charge in [-0.05, 0) is 43.2 Å². The van der Waals surface area contributed by atoms with Crippen LogP contribution in [-0.4, -0.2) is 45.2 Å². The predicted molar refractivity (Wildman–Crippen MR) is 128 cm³/mol. The van der Waals surface area contributed by atoms with Crippen molar-refractivity contribution < 1.29 is 28.6 Å². The second-order valence-corrected chi connectivity index (χ2v) is 8.10. The van der Waals surface area contributed by atoms with E-state index in [9.17, 15) is 14.4 Å². The number of esters is 1. The first-order chi connectivity index (χ1) is 16.5. The average Bonchev–Trinajstić information content (AvgIpc) is 2.87. The lowest BCUT2D eigenvalue weighted by molar-refractivity contribution is -0.154. The Kier molecular flexibility index (Phi) is 8.90. The van der Waals surface area contributed by atoms with Gasteiger partial charge in [-0.3, -0.25) is 14.4 Å². The van der Waals surface area contributed by atoms with Crippen molar-refractivity contribution in [2.75, 3.05) is 32.3 Å². The highest BCUT2D eigenvalue weighted by atomic mass is 16.5. The summed E-state index contributed by atoms with van der Waals surface area (Å²) in [6, 6.07) is 13.8. The van der Waals surface area contributed by atoms with Crippen molar-refractivity contribution in [3.63, 3.8) is 0 Å². The largest absolute Gasteiger partial charge is 0.497 e. The van der Waals surface area contributed by atoms with E-state index >= 15 is 0 Å². The minimum absolute atomic E-state index is 0.109. The molecule has 2 unspecified atom stereocenters. The molecule has 0 saturated carbocycles. The first-order valence-corrected chi connectivity index (χ1v) is 11.5. The number of carbonyl (C=O) groups is 3. The molecule has 8 nitrogen and oxygen atoms in total. The van der Waals surface area contributed by atoms with Crippen LogP contribution in [0.25, 0.3) is 0 Å². The van der Waals surface area contributed by atoms with E-state index in [2.05, 4.69) is 5.32 Å². The van der Waals surface area contributed by atoms with Crippen LogP contribution in [0.15, 0.2) is 48.5 Å². The van der Waals surface area contributed by atoms with Crippen LogP contribution >= 0.6 is 0 Å². The summed E-state index contributed by atoms with van der Waals surface area (Å²) >= 11 is 0. The van der Waals surface area contributed by atoms with Gasteiger partial charge in [0.25, 0.3) is 5.91 Å². The van der Waals surface area contributed by atoms with Crippen LogP contribution in [0.4, 0.5) is 5.69 Å². The summed E-state index contributed by atoms with van der Waals surface area (Å²) in [5, 5.41) is 2.74. The average molecular weight is 469 g/mol. The molecule has 1 aliphatic heterocycles. The monoisotopic (exact) mass is 468 g/mol. The zero-order valence-electron chi connectivity index (χ0n) is 19.9. The summed E-state index contributed by atoms with van der Waals surface area (Å²) in [4.78, 5) is 40.0. The second-order valence-electron chi connectivity index (χ2n) is 8.10. The molecule has 34 heavy (non-hydrogen) atoms. The van der Waals surface area contributed by atoms with Gasteiger partial charge in [0.05, 0.1) is 26.2 Å². The number of hydrogen-bond donors (Lipinski definition) is 1. The van der Waals surface area contributed by atoms with Gasteiger partial charge in [0.2, 0.25) is 5.91 Å². The van der Waals surface area contributed by atoms with Crippen LogP contribution in [-0.2, 0) is 19.1 Å². The van der Waals surface area contributed by atoms with E-state index in [4.69, 9.17) is 14.2 Å². The topological polar surface area (TPSA) is 94.2 Å². The lowest BCUT2D eigenvalue weighted by atomic mass is 9.83. The number of ether oxygens (including phenoxy) is 3. The van der Waals surface area contributed by atoms with Crippen molar-refractivity contribution in [1.29, 1.82) is 0 Å². The van der Waals surface area contributed by atoms with E-state index in [1.807, 2.05) is 25.1 Å². The maximum atomic E-state index is 13.2. The number of para-hydroxylation sites is 1. The Morgan fingerprint density at radius 2 is 1.79 bits per heavy atom. The maximum Gasteiger partial charge on any atom is 0.311 e. The minimum Gasteiger partial charge on any atom is -0.497 e. The van der Waals surface area contributed by atoms with Gasteiger partial charge in [-0.25, -0.2) is 0 Å². The Labute approximate surface area is 200 Å².